The van der Waals surface area contributed by atoms with Gasteiger partial charge in [0.2, 0.25) is 11.8 Å². The molecule has 3 rings (SSSR count). The Morgan fingerprint density at radius 3 is 2.47 bits per heavy atom. The van der Waals surface area contributed by atoms with Crippen LogP contribution in [0.1, 0.15) is 36.2 Å². The van der Waals surface area contributed by atoms with Gasteiger partial charge in [-0.2, -0.15) is 0 Å². The molecule has 166 valence electrons. The Hall–Kier alpha value is -3.94. The van der Waals surface area contributed by atoms with E-state index >= 15 is 0 Å². The van der Waals surface area contributed by atoms with E-state index in [1.807, 2.05) is 42.7 Å². The molecule has 8 nitrogen and oxygen atoms in total. The minimum Gasteiger partial charge on any atom is -0.348 e. The molecule has 0 saturated carbocycles. The van der Waals surface area contributed by atoms with Gasteiger partial charge in [-0.3, -0.25) is 14.4 Å². The molecule has 0 aliphatic rings. The number of amides is 3. The van der Waals surface area contributed by atoms with Crippen molar-refractivity contribution < 1.29 is 14.4 Å². The Balaban J connectivity index is 1.49. The van der Waals surface area contributed by atoms with Crippen LogP contribution in [0, 0.1) is 5.92 Å². The summed E-state index contributed by atoms with van der Waals surface area (Å²) in [6.07, 6.45) is 5.43. The number of aryl methyl sites for hydroxylation is 1. The summed E-state index contributed by atoms with van der Waals surface area (Å²) in [5.41, 5.74) is 2.65. The van der Waals surface area contributed by atoms with Gasteiger partial charge in [-0.1, -0.05) is 32.0 Å². The normalized spacial score (nSPS) is 10.6. The number of aromatic nitrogens is 2. The number of nitrogens with one attached hydrogen (secondary N) is 3. The number of hydrogen-bond donors (Lipinski definition) is 3. The molecule has 2 aromatic carbocycles. The second-order valence-corrected chi connectivity index (χ2v) is 7.70. The summed E-state index contributed by atoms with van der Waals surface area (Å²) < 4.78 is 1.83. The average molecular weight is 434 g/mol. The van der Waals surface area contributed by atoms with Crippen molar-refractivity contribution in [2.75, 3.05) is 10.6 Å². The summed E-state index contributed by atoms with van der Waals surface area (Å²) in [4.78, 5) is 40.4. The molecule has 0 saturated heterocycles. The zero-order valence-electron chi connectivity index (χ0n) is 18.2. The smallest absolute Gasteiger partial charge is 0.251 e. The molecule has 0 spiro atoms. The highest BCUT2D eigenvalue weighted by Gasteiger charge is 2.09. The number of benzene rings is 2. The van der Waals surface area contributed by atoms with E-state index < -0.39 is 0 Å². The fraction of sp³-hybridized carbons (Fsp3) is 0.250. The van der Waals surface area contributed by atoms with Crippen LogP contribution in [0.5, 0.6) is 0 Å². The third kappa shape index (κ3) is 6.80. The van der Waals surface area contributed by atoms with E-state index in [9.17, 15) is 14.4 Å². The van der Waals surface area contributed by atoms with E-state index in [1.165, 1.54) is 0 Å². The lowest BCUT2D eigenvalue weighted by Gasteiger charge is -2.10. The maximum Gasteiger partial charge on any atom is 0.251 e. The molecule has 0 atom stereocenters. The molecule has 0 unspecified atom stereocenters. The van der Waals surface area contributed by atoms with Gasteiger partial charge in [-0.25, -0.2) is 4.98 Å². The van der Waals surface area contributed by atoms with Gasteiger partial charge < -0.3 is 20.5 Å². The zero-order valence-corrected chi connectivity index (χ0v) is 18.2. The molecule has 0 fully saturated rings. The Morgan fingerprint density at radius 2 is 1.78 bits per heavy atom. The predicted octanol–water partition coefficient (Wildman–Crippen LogP) is 3.44. The lowest BCUT2D eigenvalue weighted by molar-refractivity contribution is -0.119. The molecule has 0 radical (unpaired) electrons. The second-order valence-electron chi connectivity index (χ2n) is 7.70. The maximum atomic E-state index is 12.5. The van der Waals surface area contributed by atoms with E-state index in [2.05, 4.69) is 20.9 Å². The van der Waals surface area contributed by atoms with Gasteiger partial charge in [-0.15, -0.1) is 0 Å². The van der Waals surface area contributed by atoms with Crippen molar-refractivity contribution in [2.45, 2.75) is 33.4 Å². The van der Waals surface area contributed by atoms with Crippen LogP contribution in [0.2, 0.25) is 0 Å². The minimum absolute atomic E-state index is 0.0419. The first-order valence-electron chi connectivity index (χ1n) is 10.4. The van der Waals surface area contributed by atoms with Crippen LogP contribution in [0.15, 0.2) is 67.3 Å². The lowest BCUT2D eigenvalue weighted by atomic mass is 10.1. The van der Waals surface area contributed by atoms with Crippen LogP contribution >= 0.6 is 0 Å². The monoisotopic (exact) mass is 433 g/mol. The summed E-state index contributed by atoms with van der Waals surface area (Å²) in [7, 11) is 0. The van der Waals surface area contributed by atoms with Crippen molar-refractivity contribution in [3.63, 3.8) is 0 Å². The maximum absolute atomic E-state index is 12.5. The summed E-state index contributed by atoms with van der Waals surface area (Å²) in [6.45, 7) is 4.55. The summed E-state index contributed by atoms with van der Waals surface area (Å²) >= 11 is 0. The number of anilines is 2. The van der Waals surface area contributed by atoms with Gasteiger partial charge in [0.1, 0.15) is 0 Å². The summed E-state index contributed by atoms with van der Waals surface area (Å²) in [6, 6.07) is 14.1. The summed E-state index contributed by atoms with van der Waals surface area (Å²) in [5.74, 6) is -0.511. The Bertz CT molecular complexity index is 1060. The topological polar surface area (TPSA) is 105 Å². The SMILES string of the molecule is CC(C)C(=O)Nc1ccc(CNC(=O)c2cccc(NC(=O)CCn3ccnc3)c2)cc1. The van der Waals surface area contributed by atoms with Crippen molar-refractivity contribution in [1.29, 1.82) is 0 Å². The zero-order chi connectivity index (χ0) is 22.9. The predicted molar refractivity (Wildman–Crippen MR) is 123 cm³/mol. The third-order valence-corrected chi connectivity index (χ3v) is 4.76. The van der Waals surface area contributed by atoms with E-state index in [1.54, 1.807) is 43.0 Å². The molecule has 1 heterocycles. The molecule has 0 aliphatic heterocycles. The van der Waals surface area contributed by atoms with E-state index in [0.717, 1.165) is 11.3 Å². The van der Waals surface area contributed by atoms with E-state index in [-0.39, 0.29) is 23.6 Å². The molecule has 8 heteroatoms. The molecule has 3 amide bonds. The number of imidazole rings is 1. The number of carbonyl (C=O) groups is 3. The van der Waals surface area contributed by atoms with Crippen molar-refractivity contribution in [2.24, 2.45) is 5.92 Å². The van der Waals surface area contributed by atoms with Crippen molar-refractivity contribution >= 4 is 29.1 Å². The van der Waals surface area contributed by atoms with Gasteiger partial charge in [0.05, 0.1) is 6.33 Å². The van der Waals surface area contributed by atoms with Crippen molar-refractivity contribution in [1.82, 2.24) is 14.9 Å². The Kier molecular flexibility index (Phi) is 7.75. The number of rotatable bonds is 9. The van der Waals surface area contributed by atoms with Crippen LogP contribution in [-0.2, 0) is 22.7 Å². The molecule has 0 aliphatic carbocycles. The van der Waals surface area contributed by atoms with Crippen LogP contribution in [0.4, 0.5) is 11.4 Å². The molecule has 3 aromatic rings. The number of carbonyl (C=O) groups excluding carboxylic acids is 3. The molecule has 1 aromatic heterocycles. The second kappa shape index (κ2) is 10.9. The Morgan fingerprint density at radius 1 is 1.00 bits per heavy atom. The van der Waals surface area contributed by atoms with Crippen LogP contribution < -0.4 is 16.0 Å². The highest BCUT2D eigenvalue weighted by atomic mass is 16.2. The molecule has 0 bridgehead atoms. The van der Waals surface area contributed by atoms with E-state index in [0.29, 0.717) is 30.8 Å². The van der Waals surface area contributed by atoms with Gasteiger partial charge in [0.25, 0.3) is 5.91 Å². The van der Waals surface area contributed by atoms with Crippen LogP contribution in [0.25, 0.3) is 0 Å². The molecular formula is C24H27N5O3. The first kappa shape index (κ1) is 22.7. The highest BCUT2D eigenvalue weighted by molar-refractivity contribution is 5.97. The summed E-state index contributed by atoms with van der Waals surface area (Å²) in [5, 5.41) is 8.52. The lowest BCUT2D eigenvalue weighted by Crippen LogP contribution is -2.23. The molecule has 32 heavy (non-hydrogen) atoms. The average Bonchev–Trinajstić information content (AvgIpc) is 3.31. The van der Waals surface area contributed by atoms with E-state index in [4.69, 9.17) is 0 Å². The van der Waals surface area contributed by atoms with Crippen molar-refractivity contribution in [3.05, 3.63) is 78.4 Å². The first-order chi connectivity index (χ1) is 15.4. The molecular weight excluding hydrogens is 406 g/mol. The van der Waals surface area contributed by atoms with Crippen molar-refractivity contribution in [3.8, 4) is 0 Å². The minimum atomic E-state index is -0.239. The number of hydrogen-bond acceptors (Lipinski definition) is 4. The largest absolute Gasteiger partial charge is 0.348 e. The number of nitrogens with zero attached hydrogens (tertiary/aromatic N) is 2. The van der Waals surface area contributed by atoms with Crippen LogP contribution in [-0.4, -0.2) is 27.3 Å². The third-order valence-electron chi connectivity index (χ3n) is 4.76. The van der Waals surface area contributed by atoms with Gasteiger partial charge >= 0.3 is 0 Å². The van der Waals surface area contributed by atoms with Gasteiger partial charge in [-0.05, 0) is 35.9 Å². The standard InChI is InChI=1S/C24H27N5O3/c1-17(2)23(31)28-20-8-6-18(7-9-20)15-26-24(32)19-4-3-5-21(14-19)27-22(30)10-12-29-13-11-25-16-29/h3-9,11,13-14,16-17H,10,12,15H2,1-2H3,(H,26,32)(H,27,30)(H,28,31). The van der Waals surface area contributed by atoms with Gasteiger partial charge in [0.15, 0.2) is 0 Å². The highest BCUT2D eigenvalue weighted by Crippen LogP contribution is 2.13. The quantitative estimate of drug-likeness (QED) is 0.481. The van der Waals surface area contributed by atoms with Gasteiger partial charge in [0, 0.05) is 54.8 Å². The van der Waals surface area contributed by atoms with Crippen LogP contribution in [0.3, 0.4) is 0 Å². The Labute approximate surface area is 187 Å². The fourth-order valence-corrected chi connectivity index (χ4v) is 2.89. The fourth-order valence-electron chi connectivity index (χ4n) is 2.89. The molecule has 3 N–H and O–H groups in total. The first-order valence-corrected chi connectivity index (χ1v) is 10.4.